The zero-order valence-corrected chi connectivity index (χ0v) is 29.8. The summed E-state index contributed by atoms with van der Waals surface area (Å²) in [7, 11) is 2.82. The molecule has 11 nitrogen and oxygen atoms in total. The Morgan fingerprint density at radius 3 is 2.20 bits per heavy atom. The van der Waals surface area contributed by atoms with Gasteiger partial charge in [0, 0.05) is 24.7 Å². The second kappa shape index (κ2) is 12.6. The highest BCUT2D eigenvalue weighted by atomic mass is 79.9. The monoisotopic (exact) mass is 773 g/mol. The van der Waals surface area contributed by atoms with Crippen LogP contribution in [0.3, 0.4) is 0 Å². The van der Waals surface area contributed by atoms with Crippen LogP contribution in [0.2, 0.25) is 0 Å². The molecule has 4 amide bonds. The van der Waals surface area contributed by atoms with Crippen molar-refractivity contribution in [1.29, 1.82) is 0 Å². The highest BCUT2D eigenvalue weighted by Gasteiger charge is 2.75. The van der Waals surface area contributed by atoms with Gasteiger partial charge in [-0.3, -0.25) is 29.0 Å². The van der Waals surface area contributed by atoms with E-state index >= 15 is 0 Å². The van der Waals surface area contributed by atoms with Crippen molar-refractivity contribution in [3.63, 3.8) is 0 Å². The number of carbonyl (C=O) groups excluding carboxylic acids is 4. The number of alkyl halides is 3. The van der Waals surface area contributed by atoms with Crippen molar-refractivity contribution in [2.24, 2.45) is 23.7 Å². The topological polar surface area (TPSA) is 126 Å². The molecular formula is C35H34BrCl2N3O8. The van der Waals surface area contributed by atoms with Gasteiger partial charge in [-0.1, -0.05) is 39.7 Å². The fraction of sp³-hybridized carbons (Fsp3) is 0.429. The standard InChI is InChI=1S/C35H34BrCl2N3O8/c1-47-26-15-19(16-27(48-2)29(26)42)3-10-25-22-8-9-23-28(24(22)17-34(37)32(45)40(18-36)33(46)35(25,34)38)31(44)41(30(23)43)21-6-4-20(5-7-21)39-11-13-49-14-12-39/h3-8,10,15-16,23-25,28,42H,9,11-14,17-18H2,1-2H3. The lowest BCUT2D eigenvalue weighted by atomic mass is 9.57. The van der Waals surface area contributed by atoms with Crippen LogP contribution in [0, 0.1) is 23.7 Å². The number of fused-ring (bicyclic) bond motifs is 4. The number of carbonyl (C=O) groups is 4. The fourth-order valence-corrected chi connectivity index (χ4v) is 9.49. The molecular weight excluding hydrogens is 741 g/mol. The molecule has 5 aliphatic rings. The van der Waals surface area contributed by atoms with Gasteiger partial charge in [-0.15, -0.1) is 23.2 Å². The molecule has 6 atom stereocenters. The van der Waals surface area contributed by atoms with E-state index in [9.17, 15) is 24.3 Å². The first-order chi connectivity index (χ1) is 23.5. The molecule has 14 heteroatoms. The number of hydrogen-bond donors (Lipinski definition) is 1. The van der Waals surface area contributed by atoms with Crippen molar-refractivity contribution in [3.05, 3.63) is 59.7 Å². The molecule has 3 aliphatic heterocycles. The molecule has 49 heavy (non-hydrogen) atoms. The molecule has 6 unspecified atom stereocenters. The summed E-state index contributed by atoms with van der Waals surface area (Å²) >= 11 is 17.8. The summed E-state index contributed by atoms with van der Waals surface area (Å²) in [5.41, 5.74) is 2.55. The molecule has 2 aromatic rings. The number of amides is 4. The van der Waals surface area contributed by atoms with Gasteiger partial charge in [-0.25, -0.2) is 0 Å². The average molecular weight is 775 g/mol. The predicted molar refractivity (Wildman–Crippen MR) is 186 cm³/mol. The maximum atomic E-state index is 14.3. The zero-order valence-electron chi connectivity index (χ0n) is 26.7. The Morgan fingerprint density at radius 2 is 1.59 bits per heavy atom. The summed E-state index contributed by atoms with van der Waals surface area (Å²) in [5.74, 6) is -4.92. The molecule has 0 bridgehead atoms. The van der Waals surface area contributed by atoms with Gasteiger partial charge in [0.05, 0.1) is 50.4 Å². The van der Waals surface area contributed by atoms with Crippen molar-refractivity contribution in [1.82, 2.24) is 4.90 Å². The van der Waals surface area contributed by atoms with Gasteiger partial charge >= 0.3 is 0 Å². The van der Waals surface area contributed by atoms with E-state index in [0.29, 0.717) is 30.0 Å². The maximum absolute atomic E-state index is 14.3. The highest BCUT2D eigenvalue weighted by molar-refractivity contribution is 9.09. The third-order valence-corrected chi connectivity index (χ3v) is 12.5. The third kappa shape index (κ3) is 5.00. The van der Waals surface area contributed by atoms with Gasteiger partial charge < -0.3 is 24.2 Å². The molecule has 2 aliphatic carbocycles. The summed E-state index contributed by atoms with van der Waals surface area (Å²) in [6.45, 7) is 2.76. The van der Waals surface area contributed by atoms with Gasteiger partial charge in [-0.2, -0.15) is 0 Å². The van der Waals surface area contributed by atoms with Crippen LogP contribution in [-0.4, -0.2) is 89.4 Å². The van der Waals surface area contributed by atoms with Gasteiger partial charge in [0.25, 0.3) is 11.8 Å². The Labute approximate surface area is 301 Å². The van der Waals surface area contributed by atoms with E-state index in [2.05, 4.69) is 20.8 Å². The number of ether oxygens (including phenoxy) is 3. The van der Waals surface area contributed by atoms with E-state index in [0.717, 1.165) is 23.7 Å². The van der Waals surface area contributed by atoms with Crippen LogP contribution in [0.25, 0.3) is 6.08 Å². The maximum Gasteiger partial charge on any atom is 0.254 e. The zero-order chi connectivity index (χ0) is 34.8. The number of hydrogen-bond acceptors (Lipinski definition) is 9. The first kappa shape index (κ1) is 33.9. The van der Waals surface area contributed by atoms with Crippen LogP contribution in [0.15, 0.2) is 54.1 Å². The highest BCUT2D eigenvalue weighted by Crippen LogP contribution is 2.63. The third-order valence-electron chi connectivity index (χ3n) is 10.5. The molecule has 4 fully saturated rings. The second-order valence-corrected chi connectivity index (χ2v) is 14.5. The van der Waals surface area contributed by atoms with E-state index in [4.69, 9.17) is 37.4 Å². The number of rotatable bonds is 7. The van der Waals surface area contributed by atoms with Crippen molar-refractivity contribution in [3.8, 4) is 17.2 Å². The molecule has 0 spiro atoms. The number of allylic oxidation sites excluding steroid dienone is 3. The Hall–Kier alpha value is -3.58. The number of imide groups is 2. The average Bonchev–Trinajstić information content (AvgIpc) is 3.45. The quantitative estimate of drug-likeness (QED) is 0.184. The van der Waals surface area contributed by atoms with Crippen molar-refractivity contribution >= 4 is 80.2 Å². The fourth-order valence-electron chi connectivity index (χ4n) is 8.11. The first-order valence-electron chi connectivity index (χ1n) is 15.9. The summed E-state index contributed by atoms with van der Waals surface area (Å²) in [5, 5.41) is 10.4. The lowest BCUT2D eigenvalue weighted by Gasteiger charge is -2.49. The molecule has 0 radical (unpaired) electrons. The van der Waals surface area contributed by atoms with Gasteiger partial charge in [0.2, 0.25) is 17.6 Å². The number of halogens is 3. The second-order valence-electron chi connectivity index (χ2n) is 12.8. The van der Waals surface area contributed by atoms with E-state index < -0.39 is 45.2 Å². The lowest BCUT2D eigenvalue weighted by molar-refractivity contribution is -0.138. The summed E-state index contributed by atoms with van der Waals surface area (Å²) < 4.78 is 16.1. The van der Waals surface area contributed by atoms with Gasteiger partial charge in [0.15, 0.2) is 21.2 Å². The number of aromatic hydroxyl groups is 1. The predicted octanol–water partition coefficient (Wildman–Crippen LogP) is 4.71. The van der Waals surface area contributed by atoms with Crippen LogP contribution in [-0.2, 0) is 23.9 Å². The van der Waals surface area contributed by atoms with E-state index in [1.54, 1.807) is 36.4 Å². The van der Waals surface area contributed by atoms with Crippen LogP contribution in [0.5, 0.6) is 17.2 Å². The number of likely N-dealkylation sites (tertiary alicyclic amines) is 1. The van der Waals surface area contributed by atoms with Crippen molar-refractivity contribution in [2.75, 3.05) is 55.8 Å². The molecule has 3 heterocycles. The number of phenolic OH excluding ortho intramolecular Hbond substituents is 1. The normalized spacial score (nSPS) is 31.2. The molecule has 2 aromatic carbocycles. The molecule has 7 rings (SSSR count). The van der Waals surface area contributed by atoms with Crippen LogP contribution in [0.1, 0.15) is 18.4 Å². The molecule has 3 saturated heterocycles. The first-order valence-corrected chi connectivity index (χ1v) is 17.8. The van der Waals surface area contributed by atoms with Crippen molar-refractivity contribution < 1.29 is 38.5 Å². The minimum Gasteiger partial charge on any atom is -0.502 e. The number of anilines is 2. The van der Waals surface area contributed by atoms with E-state index in [1.165, 1.54) is 19.1 Å². The molecule has 1 saturated carbocycles. The number of benzene rings is 2. The Balaban J connectivity index is 1.27. The van der Waals surface area contributed by atoms with Gasteiger partial charge in [0.1, 0.15) is 0 Å². The SMILES string of the molecule is COc1cc(C=CC2C3=CCC4C(=O)N(c5ccc(N6CCOCC6)cc5)C(=O)C4C3CC3(Cl)C(=O)N(CBr)C(=O)C23Cl)cc(OC)c1O. The van der Waals surface area contributed by atoms with Gasteiger partial charge in [-0.05, 0) is 60.7 Å². The largest absolute Gasteiger partial charge is 0.502 e. The van der Waals surface area contributed by atoms with Crippen LogP contribution >= 0.6 is 39.1 Å². The lowest BCUT2D eigenvalue weighted by Crippen LogP contribution is -2.60. The Kier molecular flexibility index (Phi) is 8.74. The van der Waals surface area contributed by atoms with Crippen LogP contribution in [0.4, 0.5) is 11.4 Å². The number of methoxy groups -OCH3 is 2. The summed E-state index contributed by atoms with van der Waals surface area (Å²) in [4.78, 5) is 56.7. The molecule has 0 aromatic heterocycles. The Bertz CT molecular complexity index is 1770. The molecule has 1 N–H and O–H groups in total. The number of morpholine rings is 1. The van der Waals surface area contributed by atoms with Crippen LogP contribution < -0.4 is 19.3 Å². The number of phenols is 1. The van der Waals surface area contributed by atoms with E-state index in [1.807, 2.05) is 18.2 Å². The summed E-state index contributed by atoms with van der Waals surface area (Å²) in [6, 6.07) is 10.5. The van der Waals surface area contributed by atoms with E-state index in [-0.39, 0.29) is 47.4 Å². The summed E-state index contributed by atoms with van der Waals surface area (Å²) in [6.07, 6.45) is 5.41. The molecule has 258 valence electrons. The number of nitrogens with zero attached hydrogens (tertiary/aromatic N) is 3. The minimum absolute atomic E-state index is 0.104. The Morgan fingerprint density at radius 1 is 0.959 bits per heavy atom. The minimum atomic E-state index is -1.92. The smallest absolute Gasteiger partial charge is 0.254 e. The van der Waals surface area contributed by atoms with Crippen molar-refractivity contribution in [2.45, 2.75) is 22.6 Å².